The van der Waals surface area contributed by atoms with Crippen LogP contribution in [0.2, 0.25) is 0 Å². The van der Waals surface area contributed by atoms with E-state index in [-0.39, 0.29) is 11.7 Å². The van der Waals surface area contributed by atoms with E-state index in [2.05, 4.69) is 47.9 Å². The third-order valence-electron chi connectivity index (χ3n) is 6.78. The number of sulfone groups is 1. The van der Waals surface area contributed by atoms with Crippen LogP contribution in [0.3, 0.4) is 0 Å². The molecule has 3 heterocycles. The minimum absolute atomic E-state index is 0.155. The van der Waals surface area contributed by atoms with E-state index in [0.717, 1.165) is 45.0 Å². The van der Waals surface area contributed by atoms with Crippen LogP contribution in [0.1, 0.15) is 43.1 Å². The first kappa shape index (κ1) is 23.6. The molecule has 2 saturated heterocycles. The second kappa shape index (κ2) is 9.75. The zero-order valence-electron chi connectivity index (χ0n) is 19.4. The number of aromatic nitrogens is 3. The van der Waals surface area contributed by atoms with E-state index in [9.17, 15) is 8.42 Å². The molecular weight excluding hydrogens is 442 g/mol. The average molecular weight is 478 g/mol. The Morgan fingerprint density at radius 3 is 2.34 bits per heavy atom. The second-order valence-corrected chi connectivity index (χ2v) is 12.3. The Balaban J connectivity index is 1.30. The van der Waals surface area contributed by atoms with Crippen LogP contribution < -0.4 is 0 Å². The average Bonchev–Trinajstić information content (AvgIpc) is 3.23. The van der Waals surface area contributed by atoms with Crippen molar-refractivity contribution >= 4 is 22.1 Å². The van der Waals surface area contributed by atoms with E-state index < -0.39 is 9.84 Å². The fourth-order valence-corrected chi connectivity index (χ4v) is 6.70. The molecule has 0 amide bonds. The van der Waals surface area contributed by atoms with E-state index in [4.69, 9.17) is 17.3 Å². The van der Waals surface area contributed by atoms with Crippen molar-refractivity contribution in [2.24, 2.45) is 13.0 Å². The molecular formula is C23H35N5O2S2. The van der Waals surface area contributed by atoms with Gasteiger partial charge in [0.2, 0.25) is 0 Å². The number of rotatable bonds is 7. The lowest BCUT2D eigenvalue weighted by Crippen LogP contribution is -2.46. The zero-order chi connectivity index (χ0) is 22.9. The summed E-state index contributed by atoms with van der Waals surface area (Å²) >= 11 is 5.62. The van der Waals surface area contributed by atoms with E-state index in [0.29, 0.717) is 29.5 Å². The van der Waals surface area contributed by atoms with Crippen LogP contribution in [0, 0.1) is 10.7 Å². The summed E-state index contributed by atoms with van der Waals surface area (Å²) in [5, 5.41) is 4.75. The largest absolute Gasteiger partial charge is 0.307 e. The normalized spacial score (nSPS) is 22.1. The van der Waals surface area contributed by atoms with Crippen LogP contribution in [0.15, 0.2) is 24.3 Å². The zero-order valence-corrected chi connectivity index (χ0v) is 21.0. The maximum Gasteiger partial charge on any atom is 0.198 e. The molecule has 2 aliphatic heterocycles. The summed E-state index contributed by atoms with van der Waals surface area (Å²) in [6, 6.07) is 9.01. The van der Waals surface area contributed by atoms with Gasteiger partial charge in [0.05, 0.1) is 18.2 Å². The van der Waals surface area contributed by atoms with Gasteiger partial charge in [0.1, 0.15) is 5.82 Å². The molecule has 7 nitrogen and oxygen atoms in total. The number of hydrogen-bond acceptors (Lipinski definition) is 6. The Morgan fingerprint density at radius 1 is 1.09 bits per heavy atom. The van der Waals surface area contributed by atoms with E-state index >= 15 is 0 Å². The molecule has 32 heavy (non-hydrogen) atoms. The molecule has 2 fully saturated rings. The summed E-state index contributed by atoms with van der Waals surface area (Å²) < 4.78 is 28.1. The molecule has 0 N–H and O–H groups in total. The SMILES string of the molecule is CC(C)c1ccc(CN2CCN(Cn3nc(CC4CCS(=O)(=O)C4)n(C)c3=S)CC2)cc1. The van der Waals surface area contributed by atoms with Gasteiger partial charge in [0, 0.05) is 46.2 Å². The third kappa shape index (κ3) is 5.68. The monoisotopic (exact) mass is 477 g/mol. The van der Waals surface area contributed by atoms with Crippen LogP contribution in [0.25, 0.3) is 0 Å². The Morgan fingerprint density at radius 2 is 1.75 bits per heavy atom. The van der Waals surface area contributed by atoms with Crippen LogP contribution in [0.4, 0.5) is 0 Å². The van der Waals surface area contributed by atoms with Crippen LogP contribution in [-0.2, 0) is 36.5 Å². The first-order chi connectivity index (χ1) is 15.2. The minimum atomic E-state index is -2.87. The number of hydrogen-bond donors (Lipinski definition) is 0. The van der Waals surface area contributed by atoms with E-state index in [1.807, 2.05) is 16.3 Å². The molecule has 0 aliphatic carbocycles. The van der Waals surface area contributed by atoms with Crippen molar-refractivity contribution in [3.63, 3.8) is 0 Å². The summed E-state index contributed by atoms with van der Waals surface area (Å²) in [4.78, 5) is 4.90. The standard InChI is InChI=1S/C23H35N5O2S2/c1-18(2)21-6-4-19(5-7-21)15-26-9-11-27(12-10-26)17-28-23(31)25(3)22(24-28)14-20-8-13-32(29,30)16-20/h4-7,18,20H,8-17H2,1-3H3. The number of piperazine rings is 1. The Bertz CT molecular complexity index is 1080. The van der Waals surface area contributed by atoms with Gasteiger partial charge in [-0.05, 0) is 41.6 Å². The van der Waals surface area contributed by atoms with E-state index in [1.54, 1.807) is 0 Å². The Hall–Kier alpha value is -1.55. The summed E-state index contributed by atoms with van der Waals surface area (Å²) in [5.74, 6) is 2.18. The first-order valence-electron chi connectivity index (χ1n) is 11.6. The third-order valence-corrected chi connectivity index (χ3v) is 9.10. The molecule has 2 aliphatic rings. The summed E-state index contributed by atoms with van der Waals surface area (Å²) in [6.07, 6.45) is 1.40. The van der Waals surface area contributed by atoms with Crippen molar-refractivity contribution in [3.8, 4) is 0 Å². The van der Waals surface area contributed by atoms with Gasteiger partial charge in [0.25, 0.3) is 0 Å². The first-order valence-corrected chi connectivity index (χ1v) is 13.8. The predicted molar refractivity (Wildman–Crippen MR) is 130 cm³/mol. The summed E-state index contributed by atoms with van der Waals surface area (Å²) in [7, 11) is -0.934. The van der Waals surface area contributed by atoms with Crippen molar-refractivity contribution in [1.29, 1.82) is 0 Å². The Labute approximate surface area is 196 Å². The maximum absolute atomic E-state index is 11.8. The van der Waals surface area contributed by atoms with Crippen molar-refractivity contribution in [2.45, 2.75) is 45.8 Å². The molecule has 0 saturated carbocycles. The molecule has 2 aromatic rings. The number of nitrogens with zero attached hydrogens (tertiary/aromatic N) is 5. The van der Waals surface area contributed by atoms with Gasteiger partial charge < -0.3 is 4.57 Å². The van der Waals surface area contributed by atoms with Crippen LogP contribution in [0.5, 0.6) is 0 Å². The fourth-order valence-electron chi connectivity index (χ4n) is 4.64. The Kier molecular flexibility index (Phi) is 7.19. The summed E-state index contributed by atoms with van der Waals surface area (Å²) in [6.45, 7) is 10.2. The lowest BCUT2D eigenvalue weighted by Gasteiger charge is -2.34. The van der Waals surface area contributed by atoms with Gasteiger partial charge in [-0.25, -0.2) is 13.1 Å². The summed E-state index contributed by atoms with van der Waals surface area (Å²) in [5.41, 5.74) is 2.76. The number of benzene rings is 1. The second-order valence-electron chi connectivity index (χ2n) is 9.66. The van der Waals surface area contributed by atoms with Gasteiger partial charge in [-0.1, -0.05) is 38.1 Å². The van der Waals surface area contributed by atoms with Crippen molar-refractivity contribution in [1.82, 2.24) is 24.1 Å². The van der Waals surface area contributed by atoms with Crippen molar-refractivity contribution < 1.29 is 8.42 Å². The molecule has 1 unspecified atom stereocenters. The fraction of sp³-hybridized carbons (Fsp3) is 0.652. The molecule has 4 rings (SSSR count). The highest BCUT2D eigenvalue weighted by Crippen LogP contribution is 2.22. The highest BCUT2D eigenvalue weighted by Gasteiger charge is 2.29. The minimum Gasteiger partial charge on any atom is -0.307 e. The quantitative estimate of drug-likeness (QED) is 0.572. The lowest BCUT2D eigenvalue weighted by molar-refractivity contribution is 0.0979. The molecule has 0 bridgehead atoms. The highest BCUT2D eigenvalue weighted by atomic mass is 32.2. The molecule has 1 aromatic heterocycles. The molecule has 176 valence electrons. The smallest absolute Gasteiger partial charge is 0.198 e. The van der Waals surface area contributed by atoms with Crippen LogP contribution in [-0.4, -0.2) is 70.2 Å². The topological polar surface area (TPSA) is 63.4 Å². The van der Waals surface area contributed by atoms with Gasteiger partial charge in [-0.2, -0.15) is 5.10 Å². The lowest BCUT2D eigenvalue weighted by atomic mass is 10.0. The predicted octanol–water partition coefficient (Wildman–Crippen LogP) is 2.83. The van der Waals surface area contributed by atoms with E-state index in [1.165, 1.54) is 11.1 Å². The molecule has 0 radical (unpaired) electrons. The molecule has 0 spiro atoms. The highest BCUT2D eigenvalue weighted by molar-refractivity contribution is 7.91. The van der Waals surface area contributed by atoms with Gasteiger partial charge >= 0.3 is 0 Å². The van der Waals surface area contributed by atoms with Crippen LogP contribution >= 0.6 is 12.2 Å². The maximum atomic E-state index is 11.8. The van der Waals surface area contributed by atoms with Gasteiger partial charge in [-0.3, -0.25) is 9.80 Å². The molecule has 9 heteroatoms. The molecule has 1 aromatic carbocycles. The molecule has 1 atom stereocenters. The van der Waals surface area contributed by atoms with Gasteiger partial charge in [-0.15, -0.1) is 0 Å². The van der Waals surface area contributed by atoms with Crippen molar-refractivity contribution in [3.05, 3.63) is 46.0 Å². The van der Waals surface area contributed by atoms with Crippen molar-refractivity contribution in [2.75, 3.05) is 37.7 Å². The van der Waals surface area contributed by atoms with Gasteiger partial charge in [0.15, 0.2) is 14.6 Å².